The second kappa shape index (κ2) is 8.67. The highest BCUT2D eigenvalue weighted by Crippen LogP contribution is 2.33. The standard InChI is InChI=1S/C25H26BrN5O2/c1-17-15-30(20-12-10-19(26)11-13-20)24-27-22-21(31(24)16-17)23(32)29(25(33)28(22)2)14-6-9-18-7-4-3-5-8-18/h3-5,7-8,10-13,17H,6,9,14-16H2,1-2H3. The number of nitrogens with zero attached hydrogens (tertiary/aromatic N) is 5. The van der Waals surface area contributed by atoms with E-state index in [1.54, 1.807) is 7.05 Å². The first-order valence-electron chi connectivity index (χ1n) is 11.2. The summed E-state index contributed by atoms with van der Waals surface area (Å²) >= 11 is 3.49. The zero-order valence-corrected chi connectivity index (χ0v) is 20.3. The molecule has 1 unspecified atom stereocenters. The minimum atomic E-state index is -0.320. The number of imidazole rings is 1. The van der Waals surface area contributed by atoms with Crippen molar-refractivity contribution in [2.45, 2.75) is 32.9 Å². The van der Waals surface area contributed by atoms with E-state index in [-0.39, 0.29) is 11.2 Å². The fourth-order valence-electron chi connectivity index (χ4n) is 4.63. The predicted octanol–water partition coefficient (Wildman–Crippen LogP) is 4.08. The summed E-state index contributed by atoms with van der Waals surface area (Å²) in [5, 5.41) is 0. The van der Waals surface area contributed by atoms with E-state index in [9.17, 15) is 9.59 Å². The Bertz CT molecular complexity index is 1420. The molecule has 0 radical (unpaired) electrons. The van der Waals surface area contributed by atoms with Crippen molar-refractivity contribution < 1.29 is 0 Å². The van der Waals surface area contributed by atoms with Crippen LogP contribution in [-0.2, 0) is 26.6 Å². The summed E-state index contributed by atoms with van der Waals surface area (Å²) in [5.74, 6) is 1.03. The molecule has 0 bridgehead atoms. The topological polar surface area (TPSA) is 65.1 Å². The Balaban J connectivity index is 1.57. The van der Waals surface area contributed by atoms with Gasteiger partial charge in [-0.05, 0) is 48.6 Å². The van der Waals surface area contributed by atoms with Gasteiger partial charge in [-0.1, -0.05) is 53.2 Å². The van der Waals surface area contributed by atoms with Gasteiger partial charge in [0.25, 0.3) is 5.56 Å². The number of aromatic nitrogens is 4. The van der Waals surface area contributed by atoms with E-state index in [0.717, 1.165) is 23.1 Å². The molecule has 2 aromatic carbocycles. The van der Waals surface area contributed by atoms with Crippen LogP contribution in [0.5, 0.6) is 0 Å². The smallest absolute Gasteiger partial charge is 0.312 e. The fourth-order valence-corrected chi connectivity index (χ4v) is 4.89. The molecule has 0 saturated carbocycles. The van der Waals surface area contributed by atoms with Crippen LogP contribution in [0.2, 0.25) is 0 Å². The van der Waals surface area contributed by atoms with Crippen molar-refractivity contribution in [3.63, 3.8) is 0 Å². The maximum absolute atomic E-state index is 13.5. The minimum absolute atomic E-state index is 0.259. The molecule has 0 fully saturated rings. The number of fused-ring (bicyclic) bond motifs is 3. The van der Waals surface area contributed by atoms with Gasteiger partial charge in [0.15, 0.2) is 11.2 Å². The van der Waals surface area contributed by atoms with Crippen LogP contribution < -0.4 is 16.1 Å². The van der Waals surface area contributed by atoms with Crippen LogP contribution in [0.1, 0.15) is 18.9 Å². The van der Waals surface area contributed by atoms with Crippen molar-refractivity contribution in [3.8, 4) is 0 Å². The molecule has 8 heteroatoms. The Hall–Kier alpha value is -3.13. The van der Waals surface area contributed by atoms with Gasteiger partial charge in [-0.2, -0.15) is 4.98 Å². The van der Waals surface area contributed by atoms with E-state index >= 15 is 0 Å². The average Bonchev–Trinajstić information content (AvgIpc) is 3.20. The van der Waals surface area contributed by atoms with Crippen LogP contribution in [0.3, 0.4) is 0 Å². The molecule has 0 amide bonds. The van der Waals surface area contributed by atoms with Crippen LogP contribution in [0.15, 0.2) is 68.7 Å². The molecule has 1 aliphatic heterocycles. The molecular weight excluding hydrogens is 482 g/mol. The second-order valence-electron chi connectivity index (χ2n) is 8.77. The molecule has 33 heavy (non-hydrogen) atoms. The quantitative estimate of drug-likeness (QED) is 0.408. The molecule has 4 aromatic rings. The fraction of sp³-hybridized carbons (Fsp3) is 0.320. The zero-order chi connectivity index (χ0) is 23.1. The van der Waals surface area contributed by atoms with Gasteiger partial charge in [0.05, 0.1) is 0 Å². The lowest BCUT2D eigenvalue weighted by Crippen LogP contribution is -2.40. The first-order chi connectivity index (χ1) is 15.9. The highest BCUT2D eigenvalue weighted by atomic mass is 79.9. The molecule has 170 valence electrons. The molecule has 7 nitrogen and oxygen atoms in total. The summed E-state index contributed by atoms with van der Waals surface area (Å²) in [4.78, 5) is 33.5. The summed E-state index contributed by atoms with van der Waals surface area (Å²) in [6.45, 7) is 4.03. The third kappa shape index (κ3) is 3.93. The lowest BCUT2D eigenvalue weighted by molar-refractivity contribution is 0.457. The Labute approximate surface area is 200 Å². The Kier molecular flexibility index (Phi) is 5.70. The lowest BCUT2D eigenvalue weighted by atomic mass is 10.1. The SMILES string of the molecule is CC1CN(c2ccc(Br)cc2)c2nc3c(c(=O)n(CCCc4ccccc4)c(=O)n3C)n2C1. The normalized spacial score (nSPS) is 15.7. The number of hydrogen-bond donors (Lipinski definition) is 0. The summed E-state index contributed by atoms with van der Waals surface area (Å²) in [5.41, 5.74) is 2.57. The van der Waals surface area contributed by atoms with Crippen molar-refractivity contribution in [1.29, 1.82) is 0 Å². The summed E-state index contributed by atoms with van der Waals surface area (Å²) < 4.78 is 5.87. The van der Waals surface area contributed by atoms with Gasteiger partial charge in [-0.15, -0.1) is 0 Å². The largest absolute Gasteiger partial charge is 0.332 e. The number of hydrogen-bond acceptors (Lipinski definition) is 4. The van der Waals surface area contributed by atoms with Crippen LogP contribution in [-0.4, -0.2) is 25.2 Å². The zero-order valence-electron chi connectivity index (χ0n) is 18.7. The molecule has 1 atom stereocenters. The van der Waals surface area contributed by atoms with E-state index < -0.39 is 0 Å². The third-order valence-corrected chi connectivity index (χ3v) is 6.80. The van der Waals surface area contributed by atoms with E-state index in [0.29, 0.717) is 42.5 Å². The van der Waals surface area contributed by atoms with Gasteiger partial charge >= 0.3 is 5.69 Å². The van der Waals surface area contributed by atoms with Crippen molar-refractivity contribution >= 4 is 38.7 Å². The van der Waals surface area contributed by atoms with E-state index in [2.05, 4.69) is 39.9 Å². The van der Waals surface area contributed by atoms with Gasteiger partial charge in [0, 0.05) is 36.8 Å². The van der Waals surface area contributed by atoms with Crippen LogP contribution in [0.25, 0.3) is 11.2 Å². The van der Waals surface area contributed by atoms with E-state index in [1.165, 1.54) is 14.7 Å². The van der Waals surface area contributed by atoms with E-state index in [1.807, 2.05) is 47.0 Å². The maximum atomic E-state index is 13.5. The maximum Gasteiger partial charge on any atom is 0.332 e. The van der Waals surface area contributed by atoms with Gasteiger partial charge in [0.2, 0.25) is 5.95 Å². The lowest BCUT2D eigenvalue weighted by Gasteiger charge is -2.33. The number of aryl methyl sites for hydroxylation is 2. The number of anilines is 2. The van der Waals surface area contributed by atoms with Gasteiger partial charge in [-0.25, -0.2) is 4.79 Å². The van der Waals surface area contributed by atoms with Crippen molar-refractivity contribution in [2.75, 3.05) is 11.4 Å². The van der Waals surface area contributed by atoms with Gasteiger partial charge < -0.3 is 9.47 Å². The van der Waals surface area contributed by atoms with Gasteiger partial charge in [0.1, 0.15) is 0 Å². The average molecular weight is 508 g/mol. The molecule has 0 aliphatic carbocycles. The van der Waals surface area contributed by atoms with E-state index in [4.69, 9.17) is 4.98 Å². The first-order valence-corrected chi connectivity index (χ1v) is 12.0. The highest BCUT2D eigenvalue weighted by molar-refractivity contribution is 9.10. The monoisotopic (exact) mass is 507 g/mol. The molecule has 5 rings (SSSR count). The molecule has 3 heterocycles. The molecular formula is C25H26BrN5O2. The van der Waals surface area contributed by atoms with Crippen LogP contribution in [0.4, 0.5) is 11.6 Å². The number of rotatable bonds is 5. The number of benzene rings is 2. The number of halogens is 1. The Morgan fingerprint density at radius 2 is 1.76 bits per heavy atom. The summed E-state index contributed by atoms with van der Waals surface area (Å²) in [6.07, 6.45) is 1.53. The summed E-state index contributed by atoms with van der Waals surface area (Å²) in [7, 11) is 1.70. The summed E-state index contributed by atoms with van der Waals surface area (Å²) in [6, 6.07) is 18.2. The Morgan fingerprint density at radius 1 is 1.03 bits per heavy atom. The van der Waals surface area contributed by atoms with Crippen molar-refractivity contribution in [2.24, 2.45) is 13.0 Å². The van der Waals surface area contributed by atoms with Crippen molar-refractivity contribution in [1.82, 2.24) is 18.7 Å². The molecule has 1 aliphatic rings. The molecule has 0 N–H and O–H groups in total. The molecule has 2 aromatic heterocycles. The van der Waals surface area contributed by atoms with Gasteiger partial charge in [-0.3, -0.25) is 13.9 Å². The van der Waals surface area contributed by atoms with Crippen LogP contribution >= 0.6 is 15.9 Å². The molecule has 0 spiro atoms. The van der Waals surface area contributed by atoms with Crippen LogP contribution in [0, 0.1) is 5.92 Å². The third-order valence-electron chi connectivity index (χ3n) is 6.27. The highest BCUT2D eigenvalue weighted by Gasteiger charge is 2.29. The predicted molar refractivity (Wildman–Crippen MR) is 134 cm³/mol. The minimum Gasteiger partial charge on any atom is -0.312 e. The first kappa shape index (κ1) is 21.7. The Morgan fingerprint density at radius 3 is 2.48 bits per heavy atom. The van der Waals surface area contributed by atoms with Crippen molar-refractivity contribution in [3.05, 3.63) is 85.5 Å². The second-order valence-corrected chi connectivity index (χ2v) is 9.69. The molecule has 0 saturated heterocycles.